The summed E-state index contributed by atoms with van der Waals surface area (Å²) >= 11 is 0. The van der Waals surface area contributed by atoms with Crippen molar-refractivity contribution in [1.29, 1.82) is 0 Å². The molecule has 19 heavy (non-hydrogen) atoms. The van der Waals surface area contributed by atoms with Crippen LogP contribution in [0.3, 0.4) is 0 Å². The molecule has 1 unspecified atom stereocenters. The van der Waals surface area contributed by atoms with Crippen LogP contribution in [0.25, 0.3) is 0 Å². The average molecular weight is 324 g/mol. The molecule has 1 aliphatic heterocycles. The molecule has 114 valence electrons. The molecule has 1 fully saturated rings. The molecule has 0 aliphatic carbocycles. The van der Waals surface area contributed by atoms with Gasteiger partial charge in [0, 0.05) is 6.42 Å². The van der Waals surface area contributed by atoms with E-state index < -0.39 is 46.9 Å². The largest absolute Gasteiger partial charge is 0.483 e. The van der Waals surface area contributed by atoms with Gasteiger partial charge in [-0.15, -0.1) is 0 Å². The van der Waals surface area contributed by atoms with Gasteiger partial charge in [-0.05, 0) is 0 Å². The lowest BCUT2D eigenvalue weighted by Gasteiger charge is -2.36. The molecule has 0 spiro atoms. The van der Waals surface area contributed by atoms with Crippen LogP contribution in [0.5, 0.6) is 0 Å². The van der Waals surface area contributed by atoms with E-state index in [0.717, 1.165) is 0 Å². The fourth-order valence-electron chi connectivity index (χ4n) is 1.41. The van der Waals surface area contributed by atoms with Gasteiger partial charge in [-0.1, -0.05) is 0 Å². The smallest absolute Gasteiger partial charge is 0.394 e. The van der Waals surface area contributed by atoms with Crippen molar-refractivity contribution in [3.8, 4) is 0 Å². The van der Waals surface area contributed by atoms with Crippen molar-refractivity contribution in [2.75, 3.05) is 6.61 Å². The van der Waals surface area contributed by atoms with Crippen molar-refractivity contribution in [3.63, 3.8) is 0 Å². The first-order valence-corrected chi connectivity index (χ1v) is 7.97. The Bertz CT molecular complexity index is 393. The Kier molecular flexibility index (Phi) is 5.64. The minimum absolute atomic E-state index is 0.146. The van der Waals surface area contributed by atoms with Gasteiger partial charge in [-0.3, -0.25) is 4.52 Å². The van der Waals surface area contributed by atoms with E-state index >= 15 is 0 Å². The summed E-state index contributed by atoms with van der Waals surface area (Å²) in [5.41, 5.74) is 0. The molecule has 5 atom stereocenters. The standard InChI is InChI=1S/C6H14O11P2/c7-2-3-1-4(8)5(9)6(15-3)16-19(13,14)17-18(10,11)12/h3-9H,1-2H2,(H,13,14)(H2,10,11,12)/t3-,4-,5+,6-/m0/s1. The van der Waals surface area contributed by atoms with E-state index in [1.165, 1.54) is 0 Å². The maximum atomic E-state index is 11.2. The molecule has 0 bridgehead atoms. The minimum Gasteiger partial charge on any atom is -0.394 e. The maximum Gasteiger partial charge on any atom is 0.483 e. The van der Waals surface area contributed by atoms with Crippen LogP contribution in [-0.4, -0.2) is 61.2 Å². The minimum atomic E-state index is -5.30. The third-order valence-corrected chi connectivity index (χ3v) is 4.30. The van der Waals surface area contributed by atoms with Gasteiger partial charge in [0.1, 0.15) is 6.10 Å². The van der Waals surface area contributed by atoms with E-state index in [-0.39, 0.29) is 6.42 Å². The Labute approximate surface area is 107 Å². The highest BCUT2D eigenvalue weighted by Crippen LogP contribution is 2.58. The highest BCUT2D eigenvalue weighted by atomic mass is 31.3. The summed E-state index contributed by atoms with van der Waals surface area (Å²) in [6.07, 6.45) is -6.16. The van der Waals surface area contributed by atoms with Gasteiger partial charge >= 0.3 is 15.6 Å². The second-order valence-electron chi connectivity index (χ2n) is 3.75. The Morgan fingerprint density at radius 1 is 1.21 bits per heavy atom. The lowest BCUT2D eigenvalue weighted by molar-refractivity contribution is -0.244. The van der Waals surface area contributed by atoms with E-state index in [2.05, 4.69) is 8.83 Å². The average Bonchev–Trinajstić information content (AvgIpc) is 2.20. The van der Waals surface area contributed by atoms with Crippen molar-refractivity contribution < 1.29 is 52.7 Å². The van der Waals surface area contributed by atoms with E-state index in [1.54, 1.807) is 0 Å². The molecule has 0 aromatic rings. The number of rotatable bonds is 5. The van der Waals surface area contributed by atoms with E-state index in [9.17, 15) is 19.3 Å². The molecule has 0 aromatic carbocycles. The summed E-state index contributed by atoms with van der Waals surface area (Å²) < 4.78 is 34.2. The van der Waals surface area contributed by atoms with Crippen LogP contribution in [-0.2, 0) is 22.7 Å². The molecule has 1 heterocycles. The number of phosphoric acid groups is 2. The zero-order valence-corrected chi connectivity index (χ0v) is 11.1. The van der Waals surface area contributed by atoms with Gasteiger partial charge in [-0.2, -0.15) is 4.31 Å². The Morgan fingerprint density at radius 2 is 1.79 bits per heavy atom. The van der Waals surface area contributed by atoms with Gasteiger partial charge < -0.3 is 34.7 Å². The number of phosphoric ester groups is 1. The Morgan fingerprint density at radius 3 is 2.26 bits per heavy atom. The summed E-state index contributed by atoms with van der Waals surface area (Å²) in [5, 5.41) is 27.7. The fourth-order valence-corrected chi connectivity index (χ4v) is 3.07. The summed E-state index contributed by atoms with van der Waals surface area (Å²) in [4.78, 5) is 25.8. The first-order chi connectivity index (χ1) is 8.54. The number of hydrogen-bond donors (Lipinski definition) is 6. The van der Waals surface area contributed by atoms with Crippen molar-refractivity contribution in [3.05, 3.63) is 0 Å². The quantitative estimate of drug-likeness (QED) is 0.309. The lowest BCUT2D eigenvalue weighted by Crippen LogP contribution is -2.50. The number of aliphatic hydroxyl groups is 3. The zero-order valence-electron chi connectivity index (χ0n) is 9.34. The topological polar surface area (TPSA) is 183 Å². The summed E-state index contributed by atoms with van der Waals surface area (Å²) in [6.45, 7) is -0.557. The molecule has 13 heteroatoms. The summed E-state index contributed by atoms with van der Waals surface area (Å²) in [5.74, 6) is 0. The normalized spacial score (nSPS) is 35.9. The monoisotopic (exact) mass is 324 g/mol. The van der Waals surface area contributed by atoms with Crippen LogP contribution in [0.4, 0.5) is 0 Å². The van der Waals surface area contributed by atoms with Gasteiger partial charge in [0.2, 0.25) is 0 Å². The van der Waals surface area contributed by atoms with Gasteiger partial charge in [-0.25, -0.2) is 9.13 Å². The van der Waals surface area contributed by atoms with Crippen LogP contribution in [0.15, 0.2) is 0 Å². The van der Waals surface area contributed by atoms with Crippen molar-refractivity contribution in [2.24, 2.45) is 0 Å². The number of ether oxygens (including phenoxy) is 1. The first-order valence-electron chi connectivity index (χ1n) is 4.94. The molecule has 11 nitrogen and oxygen atoms in total. The molecule has 0 aromatic heterocycles. The molecule has 0 amide bonds. The van der Waals surface area contributed by atoms with E-state index in [4.69, 9.17) is 24.5 Å². The third-order valence-electron chi connectivity index (χ3n) is 2.15. The third kappa shape index (κ3) is 5.54. The summed E-state index contributed by atoms with van der Waals surface area (Å²) in [6, 6.07) is 0. The van der Waals surface area contributed by atoms with E-state index in [1.807, 2.05) is 0 Å². The zero-order chi connectivity index (χ0) is 14.8. The predicted molar refractivity (Wildman–Crippen MR) is 56.4 cm³/mol. The molecule has 6 N–H and O–H groups in total. The lowest BCUT2D eigenvalue weighted by atomic mass is 10.0. The molecule has 0 saturated carbocycles. The van der Waals surface area contributed by atoms with Crippen molar-refractivity contribution >= 4 is 15.6 Å². The van der Waals surface area contributed by atoms with Crippen molar-refractivity contribution in [1.82, 2.24) is 0 Å². The molecular weight excluding hydrogens is 310 g/mol. The van der Waals surface area contributed by atoms with Crippen LogP contribution in [0, 0.1) is 0 Å². The summed E-state index contributed by atoms with van der Waals surface area (Å²) in [7, 11) is -10.5. The van der Waals surface area contributed by atoms with Gasteiger partial charge in [0.05, 0.1) is 18.8 Å². The molecule has 1 rings (SSSR count). The molecule has 1 aliphatic rings. The maximum absolute atomic E-state index is 11.2. The highest BCUT2D eigenvalue weighted by Gasteiger charge is 2.43. The second kappa shape index (κ2) is 6.25. The second-order valence-corrected chi connectivity index (χ2v) is 6.53. The van der Waals surface area contributed by atoms with E-state index in [0.29, 0.717) is 0 Å². The Hall–Kier alpha value is 0.1000. The van der Waals surface area contributed by atoms with Gasteiger partial charge in [0.15, 0.2) is 6.29 Å². The molecular formula is C6H14O11P2. The van der Waals surface area contributed by atoms with Crippen LogP contribution < -0.4 is 0 Å². The Balaban J connectivity index is 2.73. The first kappa shape index (κ1) is 17.2. The molecule has 1 saturated heterocycles. The number of hydrogen-bond acceptors (Lipinski definition) is 8. The van der Waals surface area contributed by atoms with Crippen molar-refractivity contribution in [2.45, 2.75) is 31.0 Å². The van der Waals surface area contributed by atoms with Crippen LogP contribution in [0.1, 0.15) is 6.42 Å². The number of aliphatic hydroxyl groups excluding tert-OH is 3. The highest BCUT2D eigenvalue weighted by molar-refractivity contribution is 7.60. The van der Waals surface area contributed by atoms with Crippen LogP contribution >= 0.6 is 15.6 Å². The SMILES string of the molecule is O=P(O)(O)OP(=O)(O)O[C@@H]1O[C@H](CO)C[C@H](O)[C@H]1O. The van der Waals surface area contributed by atoms with Crippen LogP contribution in [0.2, 0.25) is 0 Å². The molecule has 0 radical (unpaired) electrons. The van der Waals surface area contributed by atoms with Gasteiger partial charge in [0.25, 0.3) is 0 Å². The fraction of sp³-hybridized carbons (Fsp3) is 1.00. The predicted octanol–water partition coefficient (Wildman–Crippen LogP) is -1.96.